The third-order valence-electron chi connectivity index (χ3n) is 2.22. The smallest absolute Gasteiger partial charge is 0.319 e. The van der Waals surface area contributed by atoms with E-state index in [0.717, 1.165) is 11.8 Å². The fraction of sp³-hybridized carbons (Fsp3) is 0.364. The first-order chi connectivity index (χ1) is 8.90. The fourth-order valence-electron chi connectivity index (χ4n) is 1.31. The molecule has 1 aromatic carbocycles. The topological polar surface area (TPSA) is 113 Å². The molecule has 0 aliphatic carbocycles. The van der Waals surface area contributed by atoms with Gasteiger partial charge in [0.2, 0.25) is 10.0 Å². The van der Waals surface area contributed by atoms with Crippen molar-refractivity contribution >= 4 is 21.7 Å². The number of amides is 2. The van der Waals surface area contributed by atoms with Crippen LogP contribution in [0, 0.1) is 0 Å². The standard InChI is InChI=1S/C11H18N4O3S/c1-19(17,18)14-7-6-13-11(16)15-10-4-2-9(8-12)3-5-10/h2-5,14H,6-8,12H2,1H3,(H2,13,15,16). The van der Waals surface area contributed by atoms with E-state index in [2.05, 4.69) is 15.4 Å². The van der Waals surface area contributed by atoms with Gasteiger partial charge >= 0.3 is 6.03 Å². The lowest BCUT2D eigenvalue weighted by molar-refractivity contribution is 0.252. The zero-order valence-corrected chi connectivity index (χ0v) is 11.5. The van der Waals surface area contributed by atoms with Gasteiger partial charge in [0.15, 0.2) is 0 Å². The minimum Gasteiger partial charge on any atom is -0.337 e. The number of nitrogens with two attached hydrogens (primary N) is 1. The quantitative estimate of drug-likeness (QED) is 0.543. The van der Waals surface area contributed by atoms with Gasteiger partial charge in [0.05, 0.1) is 6.26 Å². The molecule has 0 unspecified atom stereocenters. The molecular formula is C11H18N4O3S. The predicted octanol–water partition coefficient (Wildman–Crippen LogP) is -0.184. The molecular weight excluding hydrogens is 268 g/mol. The molecule has 0 atom stereocenters. The first-order valence-corrected chi connectivity index (χ1v) is 7.58. The number of urea groups is 1. The van der Waals surface area contributed by atoms with E-state index < -0.39 is 16.1 Å². The van der Waals surface area contributed by atoms with Crippen molar-refractivity contribution in [2.24, 2.45) is 5.73 Å². The van der Waals surface area contributed by atoms with Crippen molar-refractivity contribution in [3.63, 3.8) is 0 Å². The van der Waals surface area contributed by atoms with E-state index >= 15 is 0 Å². The van der Waals surface area contributed by atoms with Gasteiger partial charge in [0, 0.05) is 25.3 Å². The highest BCUT2D eigenvalue weighted by Gasteiger charge is 2.02. The maximum atomic E-state index is 11.5. The maximum Gasteiger partial charge on any atom is 0.319 e. The van der Waals surface area contributed by atoms with Gasteiger partial charge in [-0.3, -0.25) is 0 Å². The number of benzene rings is 1. The van der Waals surface area contributed by atoms with Crippen molar-refractivity contribution < 1.29 is 13.2 Å². The lowest BCUT2D eigenvalue weighted by atomic mass is 10.2. The molecule has 106 valence electrons. The summed E-state index contributed by atoms with van der Waals surface area (Å²) in [5.74, 6) is 0. The van der Waals surface area contributed by atoms with Gasteiger partial charge in [-0.15, -0.1) is 0 Å². The molecule has 0 aromatic heterocycles. The molecule has 0 spiro atoms. The van der Waals surface area contributed by atoms with E-state index in [4.69, 9.17) is 5.73 Å². The summed E-state index contributed by atoms with van der Waals surface area (Å²) in [6.45, 7) is 0.807. The van der Waals surface area contributed by atoms with Crippen LogP contribution in [0.2, 0.25) is 0 Å². The van der Waals surface area contributed by atoms with Crippen molar-refractivity contribution in [3.8, 4) is 0 Å². The van der Waals surface area contributed by atoms with Gasteiger partial charge in [-0.25, -0.2) is 17.9 Å². The number of carbonyl (C=O) groups excluding carboxylic acids is 1. The van der Waals surface area contributed by atoms with Gasteiger partial charge in [-0.05, 0) is 17.7 Å². The Kier molecular flexibility index (Phi) is 5.74. The van der Waals surface area contributed by atoms with Gasteiger partial charge in [0.1, 0.15) is 0 Å². The molecule has 0 aliphatic rings. The molecule has 19 heavy (non-hydrogen) atoms. The van der Waals surface area contributed by atoms with E-state index in [1.54, 1.807) is 12.1 Å². The highest BCUT2D eigenvalue weighted by atomic mass is 32.2. The predicted molar refractivity (Wildman–Crippen MR) is 74.2 cm³/mol. The Labute approximate surface area is 112 Å². The van der Waals surface area contributed by atoms with Crippen LogP contribution in [0.5, 0.6) is 0 Å². The van der Waals surface area contributed by atoms with Crippen LogP contribution in [0.25, 0.3) is 0 Å². The highest BCUT2D eigenvalue weighted by Crippen LogP contribution is 2.08. The summed E-state index contributed by atoms with van der Waals surface area (Å²) < 4.78 is 23.8. The Morgan fingerprint density at radius 1 is 1.21 bits per heavy atom. The maximum absolute atomic E-state index is 11.5. The normalized spacial score (nSPS) is 11.1. The summed E-state index contributed by atoms with van der Waals surface area (Å²) in [7, 11) is -3.22. The average molecular weight is 286 g/mol. The second-order valence-corrected chi connectivity index (χ2v) is 5.78. The van der Waals surface area contributed by atoms with Crippen molar-refractivity contribution in [2.45, 2.75) is 6.54 Å². The molecule has 0 radical (unpaired) electrons. The number of rotatable bonds is 6. The van der Waals surface area contributed by atoms with Crippen molar-refractivity contribution in [2.75, 3.05) is 24.7 Å². The molecule has 1 aromatic rings. The summed E-state index contributed by atoms with van der Waals surface area (Å²) in [4.78, 5) is 11.5. The zero-order valence-electron chi connectivity index (χ0n) is 10.6. The van der Waals surface area contributed by atoms with Crippen molar-refractivity contribution in [1.29, 1.82) is 0 Å². The third-order valence-corrected chi connectivity index (χ3v) is 2.95. The number of nitrogens with one attached hydrogen (secondary N) is 3. The van der Waals surface area contributed by atoms with Gasteiger partial charge in [-0.2, -0.15) is 0 Å². The molecule has 0 aliphatic heterocycles. The number of hydrogen-bond acceptors (Lipinski definition) is 4. The van der Waals surface area contributed by atoms with Crippen LogP contribution < -0.4 is 21.1 Å². The Hall–Kier alpha value is -1.64. The number of carbonyl (C=O) groups is 1. The molecule has 7 nitrogen and oxygen atoms in total. The number of sulfonamides is 1. The lowest BCUT2D eigenvalue weighted by Crippen LogP contribution is -2.36. The molecule has 5 N–H and O–H groups in total. The summed E-state index contributed by atoms with van der Waals surface area (Å²) in [5, 5.41) is 5.15. The van der Waals surface area contributed by atoms with E-state index in [0.29, 0.717) is 12.2 Å². The van der Waals surface area contributed by atoms with Crippen LogP contribution in [0.4, 0.5) is 10.5 Å². The monoisotopic (exact) mass is 286 g/mol. The minimum absolute atomic E-state index is 0.151. The van der Waals surface area contributed by atoms with Crippen molar-refractivity contribution in [3.05, 3.63) is 29.8 Å². The lowest BCUT2D eigenvalue weighted by Gasteiger charge is -2.08. The van der Waals surface area contributed by atoms with E-state index in [1.807, 2.05) is 12.1 Å². The highest BCUT2D eigenvalue weighted by molar-refractivity contribution is 7.88. The number of anilines is 1. The molecule has 2 amide bonds. The fourth-order valence-corrected chi connectivity index (χ4v) is 1.78. The molecule has 1 rings (SSSR count). The zero-order chi connectivity index (χ0) is 14.3. The van der Waals surface area contributed by atoms with Gasteiger partial charge in [0.25, 0.3) is 0 Å². The minimum atomic E-state index is -3.22. The Bertz CT molecular complexity index is 513. The van der Waals surface area contributed by atoms with E-state index in [1.165, 1.54) is 0 Å². The summed E-state index contributed by atoms with van der Waals surface area (Å²) in [5.41, 5.74) is 7.08. The second-order valence-electron chi connectivity index (χ2n) is 3.95. The van der Waals surface area contributed by atoms with Crippen LogP contribution in [0.15, 0.2) is 24.3 Å². The first kappa shape index (κ1) is 15.4. The van der Waals surface area contributed by atoms with Crippen LogP contribution in [0.3, 0.4) is 0 Å². The van der Waals surface area contributed by atoms with Crippen LogP contribution in [0.1, 0.15) is 5.56 Å². The first-order valence-electron chi connectivity index (χ1n) is 5.69. The van der Waals surface area contributed by atoms with Gasteiger partial charge in [-0.1, -0.05) is 12.1 Å². The Morgan fingerprint density at radius 3 is 2.37 bits per heavy atom. The van der Waals surface area contributed by atoms with E-state index in [9.17, 15) is 13.2 Å². The summed E-state index contributed by atoms with van der Waals surface area (Å²) in [6, 6.07) is 6.74. The average Bonchev–Trinajstić information content (AvgIpc) is 2.34. The van der Waals surface area contributed by atoms with Gasteiger partial charge < -0.3 is 16.4 Å². The molecule has 0 fully saturated rings. The molecule has 0 bridgehead atoms. The van der Waals surface area contributed by atoms with E-state index in [-0.39, 0.29) is 13.1 Å². The number of hydrogen-bond donors (Lipinski definition) is 4. The third kappa shape index (κ3) is 6.75. The summed E-state index contributed by atoms with van der Waals surface area (Å²) >= 11 is 0. The Balaban J connectivity index is 2.30. The van der Waals surface area contributed by atoms with Crippen LogP contribution in [-0.4, -0.2) is 33.8 Å². The molecule has 0 saturated carbocycles. The Morgan fingerprint density at radius 2 is 1.84 bits per heavy atom. The second kappa shape index (κ2) is 7.07. The largest absolute Gasteiger partial charge is 0.337 e. The summed E-state index contributed by atoms with van der Waals surface area (Å²) in [6.07, 6.45) is 1.06. The van der Waals surface area contributed by atoms with Crippen LogP contribution in [-0.2, 0) is 16.6 Å². The molecule has 8 heteroatoms. The van der Waals surface area contributed by atoms with Crippen molar-refractivity contribution in [1.82, 2.24) is 10.0 Å². The molecule has 0 saturated heterocycles. The van der Waals surface area contributed by atoms with Crippen LogP contribution >= 0.6 is 0 Å². The molecule has 0 heterocycles. The SMILES string of the molecule is CS(=O)(=O)NCCNC(=O)Nc1ccc(CN)cc1.